The molecule has 0 spiro atoms. The summed E-state index contributed by atoms with van der Waals surface area (Å²) in [6.07, 6.45) is -3.44. The van der Waals surface area contributed by atoms with E-state index in [9.17, 15) is 18.3 Å². The van der Waals surface area contributed by atoms with E-state index in [2.05, 4.69) is 4.98 Å². The van der Waals surface area contributed by atoms with E-state index >= 15 is 0 Å². The molecule has 1 aliphatic carbocycles. The van der Waals surface area contributed by atoms with Crippen LogP contribution in [0.25, 0.3) is 0 Å². The number of alkyl halides is 3. The van der Waals surface area contributed by atoms with E-state index in [1.54, 1.807) is 0 Å². The number of aliphatic hydroxyl groups is 1. The molecular formula is C12H14F3NO2. The molecule has 1 heterocycles. The fraction of sp³-hybridized carbons (Fsp3) is 0.583. The predicted octanol–water partition coefficient (Wildman–Crippen LogP) is 2.74. The maximum atomic E-state index is 12.9. The number of aromatic nitrogens is 1. The SMILES string of the molecule is COc1ccc(C2CCCC2O)c(C(F)(F)F)n1. The number of hydrogen-bond donors (Lipinski definition) is 1. The van der Waals surface area contributed by atoms with Crippen molar-refractivity contribution in [1.82, 2.24) is 4.98 Å². The predicted molar refractivity (Wildman–Crippen MR) is 58.4 cm³/mol. The summed E-state index contributed by atoms with van der Waals surface area (Å²) in [5.74, 6) is -0.557. The number of nitrogens with zero attached hydrogens (tertiary/aromatic N) is 1. The first-order valence-corrected chi connectivity index (χ1v) is 5.73. The minimum absolute atomic E-state index is 0.0632. The molecule has 1 saturated carbocycles. The number of halogens is 3. The van der Waals surface area contributed by atoms with Gasteiger partial charge in [-0.05, 0) is 18.4 Å². The maximum absolute atomic E-state index is 12.9. The van der Waals surface area contributed by atoms with Gasteiger partial charge in [-0.2, -0.15) is 13.2 Å². The lowest BCUT2D eigenvalue weighted by Gasteiger charge is -2.19. The van der Waals surface area contributed by atoms with Crippen molar-refractivity contribution in [2.75, 3.05) is 7.11 Å². The molecule has 0 aliphatic heterocycles. The van der Waals surface area contributed by atoms with Gasteiger partial charge < -0.3 is 9.84 Å². The topological polar surface area (TPSA) is 42.4 Å². The number of methoxy groups -OCH3 is 1. The first-order valence-electron chi connectivity index (χ1n) is 5.73. The number of pyridine rings is 1. The summed E-state index contributed by atoms with van der Waals surface area (Å²) in [6, 6.07) is 2.75. The van der Waals surface area contributed by atoms with Crippen LogP contribution < -0.4 is 4.74 Å². The summed E-state index contributed by atoms with van der Waals surface area (Å²) in [5, 5.41) is 9.73. The van der Waals surface area contributed by atoms with Crippen LogP contribution in [0.5, 0.6) is 5.88 Å². The Bertz CT molecular complexity index is 434. The lowest BCUT2D eigenvalue weighted by Crippen LogP contribution is -2.19. The van der Waals surface area contributed by atoms with Gasteiger partial charge in [0.25, 0.3) is 0 Å². The highest BCUT2D eigenvalue weighted by Crippen LogP contribution is 2.41. The van der Waals surface area contributed by atoms with E-state index in [1.807, 2.05) is 0 Å². The third kappa shape index (κ3) is 2.43. The third-order valence-electron chi connectivity index (χ3n) is 3.26. The molecule has 0 bridgehead atoms. The van der Waals surface area contributed by atoms with Crippen molar-refractivity contribution in [3.8, 4) is 5.88 Å². The van der Waals surface area contributed by atoms with E-state index < -0.39 is 23.9 Å². The molecule has 100 valence electrons. The molecule has 3 nitrogen and oxygen atoms in total. The van der Waals surface area contributed by atoms with Gasteiger partial charge in [0.15, 0.2) is 5.69 Å². The quantitative estimate of drug-likeness (QED) is 0.890. The van der Waals surface area contributed by atoms with E-state index in [-0.39, 0.29) is 11.4 Å². The smallest absolute Gasteiger partial charge is 0.433 e. The molecule has 1 N–H and O–H groups in total. The molecule has 0 aromatic carbocycles. The summed E-state index contributed by atoms with van der Waals surface area (Å²) in [5.41, 5.74) is -0.888. The Morgan fingerprint density at radius 2 is 2.06 bits per heavy atom. The van der Waals surface area contributed by atoms with Gasteiger partial charge in [0.05, 0.1) is 13.2 Å². The fourth-order valence-electron chi connectivity index (χ4n) is 2.40. The second-order valence-electron chi connectivity index (χ2n) is 4.39. The summed E-state index contributed by atoms with van der Waals surface area (Å²) in [6.45, 7) is 0. The number of ether oxygens (including phenoxy) is 1. The van der Waals surface area contributed by atoms with Crippen molar-refractivity contribution < 1.29 is 23.0 Å². The van der Waals surface area contributed by atoms with Crippen molar-refractivity contribution >= 4 is 0 Å². The van der Waals surface area contributed by atoms with Gasteiger partial charge in [-0.1, -0.05) is 12.5 Å². The van der Waals surface area contributed by atoms with Gasteiger partial charge in [-0.25, -0.2) is 4.98 Å². The van der Waals surface area contributed by atoms with Crippen molar-refractivity contribution in [3.05, 3.63) is 23.4 Å². The third-order valence-corrected chi connectivity index (χ3v) is 3.26. The van der Waals surface area contributed by atoms with Crippen molar-refractivity contribution in [2.45, 2.75) is 37.5 Å². The highest BCUT2D eigenvalue weighted by Gasteiger charge is 2.40. The average Bonchev–Trinajstić information content (AvgIpc) is 2.73. The second kappa shape index (κ2) is 4.76. The first kappa shape index (κ1) is 13.1. The van der Waals surface area contributed by atoms with Gasteiger partial charge in [-0.3, -0.25) is 0 Å². The van der Waals surface area contributed by atoms with Gasteiger partial charge in [0.2, 0.25) is 5.88 Å². The second-order valence-corrected chi connectivity index (χ2v) is 4.39. The van der Waals surface area contributed by atoms with Crippen molar-refractivity contribution in [2.24, 2.45) is 0 Å². The highest BCUT2D eigenvalue weighted by atomic mass is 19.4. The molecule has 0 radical (unpaired) electrons. The van der Waals surface area contributed by atoms with Crippen LogP contribution in [0.15, 0.2) is 12.1 Å². The molecular weight excluding hydrogens is 247 g/mol. The zero-order chi connectivity index (χ0) is 13.3. The normalized spacial score (nSPS) is 24.3. The van der Waals surface area contributed by atoms with E-state index in [1.165, 1.54) is 19.2 Å². The summed E-state index contributed by atoms with van der Waals surface area (Å²) in [7, 11) is 1.27. The summed E-state index contributed by atoms with van der Waals surface area (Å²) >= 11 is 0. The largest absolute Gasteiger partial charge is 0.481 e. The zero-order valence-electron chi connectivity index (χ0n) is 9.87. The van der Waals surface area contributed by atoms with Crippen molar-refractivity contribution in [1.29, 1.82) is 0 Å². The van der Waals surface area contributed by atoms with Crippen LogP contribution in [0.4, 0.5) is 13.2 Å². The minimum atomic E-state index is -4.54. The summed E-state index contributed by atoms with van der Waals surface area (Å²) in [4.78, 5) is 3.48. The fourth-order valence-corrected chi connectivity index (χ4v) is 2.40. The molecule has 2 atom stereocenters. The molecule has 18 heavy (non-hydrogen) atoms. The van der Waals surface area contributed by atoms with E-state index in [4.69, 9.17) is 4.74 Å². The standard InChI is InChI=1S/C12H14F3NO2/c1-18-10-6-5-8(7-3-2-4-9(7)17)11(16-10)12(13,14)15/h5-7,9,17H,2-4H2,1H3. The minimum Gasteiger partial charge on any atom is -0.481 e. The van der Waals surface area contributed by atoms with Gasteiger partial charge in [0, 0.05) is 12.0 Å². The Balaban J connectivity index is 2.46. The van der Waals surface area contributed by atoms with Crippen molar-refractivity contribution in [3.63, 3.8) is 0 Å². The molecule has 2 rings (SSSR count). The van der Waals surface area contributed by atoms with Crippen LogP contribution in [0.3, 0.4) is 0 Å². The molecule has 2 unspecified atom stereocenters. The Morgan fingerprint density at radius 3 is 2.56 bits per heavy atom. The highest BCUT2D eigenvalue weighted by molar-refractivity contribution is 5.32. The zero-order valence-corrected chi connectivity index (χ0v) is 9.87. The van der Waals surface area contributed by atoms with Gasteiger partial charge in [-0.15, -0.1) is 0 Å². The van der Waals surface area contributed by atoms with Crippen LogP contribution in [0.1, 0.15) is 36.4 Å². The van der Waals surface area contributed by atoms with Crippen LogP contribution >= 0.6 is 0 Å². The Hall–Kier alpha value is -1.30. The van der Waals surface area contributed by atoms with Crippen LogP contribution in [-0.2, 0) is 6.18 Å². The van der Waals surface area contributed by atoms with Crippen LogP contribution in [0.2, 0.25) is 0 Å². The molecule has 1 fully saturated rings. The lowest BCUT2D eigenvalue weighted by molar-refractivity contribution is -0.142. The first-order chi connectivity index (χ1) is 8.43. The molecule has 1 aliphatic rings. The molecule has 6 heteroatoms. The van der Waals surface area contributed by atoms with E-state index in [0.717, 1.165) is 6.42 Å². The Labute approximate surface area is 103 Å². The maximum Gasteiger partial charge on any atom is 0.433 e. The summed E-state index contributed by atoms with van der Waals surface area (Å²) < 4.78 is 43.6. The molecule has 1 aromatic rings. The molecule has 0 amide bonds. The number of hydrogen-bond acceptors (Lipinski definition) is 3. The monoisotopic (exact) mass is 261 g/mol. The average molecular weight is 261 g/mol. The lowest BCUT2D eigenvalue weighted by atomic mass is 9.94. The van der Waals surface area contributed by atoms with Crippen LogP contribution in [0, 0.1) is 0 Å². The van der Waals surface area contributed by atoms with E-state index in [0.29, 0.717) is 12.8 Å². The van der Waals surface area contributed by atoms with Crippen LogP contribution in [-0.4, -0.2) is 23.3 Å². The number of aliphatic hydroxyl groups excluding tert-OH is 1. The Morgan fingerprint density at radius 1 is 1.33 bits per heavy atom. The number of rotatable bonds is 2. The Kier molecular flexibility index (Phi) is 3.47. The molecule has 0 saturated heterocycles. The molecule has 1 aromatic heterocycles. The van der Waals surface area contributed by atoms with Gasteiger partial charge >= 0.3 is 6.18 Å². The van der Waals surface area contributed by atoms with Gasteiger partial charge in [0.1, 0.15) is 0 Å².